The summed E-state index contributed by atoms with van der Waals surface area (Å²) in [5, 5.41) is 0. The molecule has 0 atom stereocenters. The van der Waals surface area contributed by atoms with E-state index in [0.717, 1.165) is 23.6 Å². The molecule has 120 valence electrons. The smallest absolute Gasteiger partial charge is 0.171 e. The molecule has 6 heteroatoms. The Labute approximate surface area is 139 Å². The number of benzene rings is 1. The van der Waals surface area contributed by atoms with Gasteiger partial charge in [0, 0.05) is 30.1 Å². The maximum Gasteiger partial charge on any atom is 0.171 e. The molecule has 0 fully saturated rings. The first kappa shape index (κ1) is 14.6. The van der Waals surface area contributed by atoms with Gasteiger partial charge in [0.05, 0.1) is 20.1 Å². The third-order valence-corrected chi connectivity index (χ3v) is 4.16. The number of carbonyl (C=O) groups is 1. The highest BCUT2D eigenvalue weighted by molar-refractivity contribution is 6.21. The monoisotopic (exact) mass is 320 g/mol. The molecule has 3 heterocycles. The molecule has 0 N–H and O–H groups in total. The maximum atomic E-state index is 12.5. The second-order valence-corrected chi connectivity index (χ2v) is 5.58. The molecule has 0 amide bonds. The molecule has 4 rings (SSSR count). The lowest BCUT2D eigenvalue weighted by molar-refractivity contribution is 0.0998. The zero-order chi connectivity index (χ0) is 16.5. The molecule has 2 aromatic rings. The van der Waals surface area contributed by atoms with E-state index < -0.39 is 0 Å². The lowest BCUT2D eigenvalue weighted by Crippen LogP contribution is -2.38. The van der Waals surface area contributed by atoms with E-state index in [-0.39, 0.29) is 12.2 Å². The number of carbonyl (C=O) groups excluding carboxylic acids is 1. The highest BCUT2D eigenvalue weighted by atomic mass is 16.5. The lowest BCUT2D eigenvalue weighted by Gasteiger charge is -2.28. The Morgan fingerprint density at radius 1 is 1.29 bits per heavy atom. The van der Waals surface area contributed by atoms with Crippen LogP contribution in [0.4, 0.5) is 5.69 Å². The molecule has 1 aromatic carbocycles. The van der Waals surface area contributed by atoms with Crippen molar-refractivity contribution in [3.63, 3.8) is 0 Å². The van der Waals surface area contributed by atoms with Gasteiger partial charge in [-0.3, -0.25) is 14.8 Å². The normalized spacial score (nSPS) is 15.3. The fourth-order valence-electron chi connectivity index (χ4n) is 3.01. The number of ketones is 1. The van der Waals surface area contributed by atoms with Crippen LogP contribution in [0.25, 0.3) is 0 Å². The Morgan fingerprint density at radius 2 is 2.21 bits per heavy atom. The molecule has 0 bridgehead atoms. The molecule has 2 aliphatic heterocycles. The zero-order valence-electron chi connectivity index (χ0n) is 13.3. The van der Waals surface area contributed by atoms with E-state index in [2.05, 4.69) is 9.98 Å². The van der Waals surface area contributed by atoms with E-state index in [0.29, 0.717) is 23.7 Å². The first-order valence-corrected chi connectivity index (χ1v) is 7.78. The summed E-state index contributed by atoms with van der Waals surface area (Å²) in [4.78, 5) is 27.9. The molecule has 0 unspecified atom stereocenters. The first-order chi connectivity index (χ1) is 11.8. The van der Waals surface area contributed by atoms with Gasteiger partial charge in [0.15, 0.2) is 5.78 Å². The summed E-state index contributed by atoms with van der Waals surface area (Å²) in [7, 11) is 1.62. The zero-order valence-corrected chi connectivity index (χ0v) is 13.3. The minimum absolute atomic E-state index is 0.00792. The van der Waals surface area contributed by atoms with Crippen LogP contribution in [0.2, 0.25) is 0 Å². The predicted molar refractivity (Wildman–Crippen MR) is 91.4 cm³/mol. The standard InChI is InChI=1S/C18H16N4O2/c1-24-15-6-2-5-13-17(15)21-16(22-9-8-20-18(13)22)10-14(23)12-4-3-7-19-11-12/h2-7,11H,8-10H2,1H3. The number of pyridine rings is 1. The molecular formula is C18H16N4O2. The van der Waals surface area contributed by atoms with Crippen LogP contribution in [-0.4, -0.2) is 47.5 Å². The summed E-state index contributed by atoms with van der Waals surface area (Å²) >= 11 is 0. The van der Waals surface area contributed by atoms with Crippen molar-refractivity contribution in [3.8, 4) is 5.75 Å². The summed E-state index contributed by atoms with van der Waals surface area (Å²) in [5.41, 5.74) is 2.28. The average Bonchev–Trinajstić information content (AvgIpc) is 3.12. The van der Waals surface area contributed by atoms with Gasteiger partial charge in [-0.2, -0.15) is 0 Å². The number of para-hydroxylation sites is 1. The van der Waals surface area contributed by atoms with Crippen molar-refractivity contribution in [1.82, 2.24) is 9.88 Å². The molecule has 1 aromatic heterocycles. The van der Waals surface area contributed by atoms with Gasteiger partial charge in [-0.1, -0.05) is 6.07 Å². The van der Waals surface area contributed by atoms with Crippen molar-refractivity contribution in [2.45, 2.75) is 6.42 Å². The molecule has 6 nitrogen and oxygen atoms in total. The van der Waals surface area contributed by atoms with Crippen molar-refractivity contribution < 1.29 is 9.53 Å². The number of amidine groups is 2. The number of rotatable bonds is 4. The number of Topliss-reactive ketones (excluding diaryl/α,β-unsaturated/α-hetero) is 1. The largest absolute Gasteiger partial charge is 0.494 e. The van der Waals surface area contributed by atoms with E-state index in [1.807, 2.05) is 23.1 Å². The van der Waals surface area contributed by atoms with Gasteiger partial charge in [-0.15, -0.1) is 0 Å². The van der Waals surface area contributed by atoms with Crippen molar-refractivity contribution in [2.24, 2.45) is 9.98 Å². The Kier molecular flexibility index (Phi) is 3.57. The Balaban J connectivity index is 1.74. The molecule has 2 aliphatic rings. The van der Waals surface area contributed by atoms with Crippen molar-refractivity contribution in [1.29, 1.82) is 0 Å². The number of hydrogen-bond donors (Lipinski definition) is 0. The summed E-state index contributed by atoms with van der Waals surface area (Å²) in [6.45, 7) is 1.44. The molecule has 0 spiro atoms. The quantitative estimate of drug-likeness (QED) is 0.812. The minimum atomic E-state index is -0.00792. The first-order valence-electron chi connectivity index (χ1n) is 7.78. The lowest BCUT2D eigenvalue weighted by atomic mass is 10.1. The molecule has 24 heavy (non-hydrogen) atoms. The second-order valence-electron chi connectivity index (χ2n) is 5.58. The summed E-state index contributed by atoms with van der Waals surface area (Å²) in [6.07, 6.45) is 3.45. The van der Waals surface area contributed by atoms with Gasteiger partial charge in [0.2, 0.25) is 0 Å². The number of methoxy groups -OCH3 is 1. The minimum Gasteiger partial charge on any atom is -0.494 e. The number of aliphatic imine (C=N–C) groups is 2. The highest BCUT2D eigenvalue weighted by Crippen LogP contribution is 2.37. The van der Waals surface area contributed by atoms with Crippen molar-refractivity contribution in [3.05, 3.63) is 53.9 Å². The van der Waals surface area contributed by atoms with Crippen molar-refractivity contribution >= 4 is 23.1 Å². The summed E-state index contributed by atoms with van der Waals surface area (Å²) in [5.74, 6) is 2.25. The third kappa shape index (κ3) is 2.36. The van der Waals surface area contributed by atoms with Crippen LogP contribution >= 0.6 is 0 Å². The molecule has 0 saturated carbocycles. The van der Waals surface area contributed by atoms with Crippen molar-refractivity contribution in [2.75, 3.05) is 20.2 Å². The van der Waals surface area contributed by atoms with Gasteiger partial charge < -0.3 is 9.64 Å². The third-order valence-electron chi connectivity index (χ3n) is 4.16. The topological polar surface area (TPSA) is 67.2 Å². The SMILES string of the molecule is COc1cccc2c1N=C(CC(=O)c1cccnc1)N1CCN=C21. The number of aromatic nitrogens is 1. The molecule has 0 radical (unpaired) electrons. The van der Waals surface area contributed by atoms with Gasteiger partial charge in [-0.25, -0.2) is 4.99 Å². The van der Waals surface area contributed by atoms with Gasteiger partial charge in [-0.05, 0) is 24.3 Å². The fraction of sp³-hybridized carbons (Fsp3) is 0.222. The van der Waals surface area contributed by atoms with Gasteiger partial charge in [0.25, 0.3) is 0 Å². The van der Waals surface area contributed by atoms with Gasteiger partial charge >= 0.3 is 0 Å². The van der Waals surface area contributed by atoms with Gasteiger partial charge in [0.1, 0.15) is 23.1 Å². The number of fused-ring (bicyclic) bond motifs is 3. The Bertz CT molecular complexity index is 859. The predicted octanol–water partition coefficient (Wildman–Crippen LogP) is 2.47. The number of nitrogens with zero attached hydrogens (tertiary/aromatic N) is 4. The summed E-state index contributed by atoms with van der Waals surface area (Å²) < 4.78 is 5.42. The van der Waals surface area contributed by atoms with Crippen LogP contribution in [0.5, 0.6) is 5.75 Å². The maximum absolute atomic E-state index is 12.5. The van der Waals surface area contributed by atoms with E-state index in [4.69, 9.17) is 9.73 Å². The van der Waals surface area contributed by atoms with Crippen LogP contribution in [0.1, 0.15) is 22.3 Å². The fourth-order valence-corrected chi connectivity index (χ4v) is 3.01. The molecule has 0 aliphatic carbocycles. The number of ether oxygens (including phenoxy) is 1. The van der Waals surface area contributed by atoms with Crippen LogP contribution in [-0.2, 0) is 0 Å². The van der Waals surface area contributed by atoms with Crippen LogP contribution in [0, 0.1) is 0 Å². The molecular weight excluding hydrogens is 304 g/mol. The Morgan fingerprint density at radius 3 is 3.00 bits per heavy atom. The highest BCUT2D eigenvalue weighted by Gasteiger charge is 2.31. The van der Waals surface area contributed by atoms with E-state index in [1.165, 1.54) is 0 Å². The van der Waals surface area contributed by atoms with Crippen LogP contribution in [0.3, 0.4) is 0 Å². The average molecular weight is 320 g/mol. The van der Waals surface area contributed by atoms with Crippen LogP contribution < -0.4 is 4.74 Å². The molecule has 0 saturated heterocycles. The summed E-state index contributed by atoms with van der Waals surface area (Å²) in [6, 6.07) is 9.31. The second kappa shape index (κ2) is 5.88. The van der Waals surface area contributed by atoms with E-state index in [1.54, 1.807) is 31.6 Å². The van der Waals surface area contributed by atoms with E-state index >= 15 is 0 Å². The Hall–Kier alpha value is -3.02. The number of hydrogen-bond acceptors (Lipinski definition) is 6. The van der Waals surface area contributed by atoms with Crippen LogP contribution in [0.15, 0.2) is 52.7 Å². The van der Waals surface area contributed by atoms with E-state index in [9.17, 15) is 4.79 Å².